The summed E-state index contributed by atoms with van der Waals surface area (Å²) in [5.74, 6) is 0.168. The number of piperazine rings is 1. The number of amides is 1. The van der Waals surface area contributed by atoms with Crippen molar-refractivity contribution in [1.82, 2.24) is 15.1 Å². The van der Waals surface area contributed by atoms with Crippen LogP contribution < -0.4 is 10.2 Å². The second kappa shape index (κ2) is 9.93. The lowest BCUT2D eigenvalue weighted by Crippen LogP contribution is -2.51. The van der Waals surface area contributed by atoms with Crippen LogP contribution in [0, 0.1) is 0 Å². The first-order chi connectivity index (χ1) is 12.7. The maximum atomic E-state index is 12.2. The van der Waals surface area contributed by atoms with Gasteiger partial charge < -0.3 is 10.2 Å². The summed E-state index contributed by atoms with van der Waals surface area (Å²) in [6, 6.07) is 11.2. The Bertz CT molecular complexity index is 536. The molecule has 5 heteroatoms. The maximum Gasteiger partial charge on any atom is 0.234 e. The molecule has 1 aromatic rings. The lowest BCUT2D eigenvalue weighted by atomic mass is 10.2. The van der Waals surface area contributed by atoms with Crippen LogP contribution >= 0.6 is 0 Å². The lowest BCUT2D eigenvalue weighted by Gasteiger charge is -2.37. The number of anilines is 1. The topological polar surface area (TPSA) is 38.8 Å². The molecule has 1 heterocycles. The molecule has 2 aliphatic rings. The number of nitrogens with zero attached hydrogens (tertiary/aromatic N) is 3. The van der Waals surface area contributed by atoms with E-state index in [2.05, 4.69) is 51.3 Å². The van der Waals surface area contributed by atoms with Gasteiger partial charge in [-0.25, -0.2) is 0 Å². The van der Waals surface area contributed by atoms with Gasteiger partial charge in [-0.15, -0.1) is 0 Å². The van der Waals surface area contributed by atoms with Crippen LogP contribution in [0.2, 0.25) is 0 Å². The van der Waals surface area contributed by atoms with Crippen LogP contribution in [0.15, 0.2) is 30.3 Å². The Hall–Kier alpha value is -1.59. The quantitative estimate of drug-likeness (QED) is 0.723. The van der Waals surface area contributed by atoms with Crippen molar-refractivity contribution >= 4 is 11.6 Å². The summed E-state index contributed by atoms with van der Waals surface area (Å²) in [6.45, 7) is 6.55. The van der Waals surface area contributed by atoms with E-state index in [0.717, 1.165) is 51.7 Å². The average molecular weight is 359 g/mol. The highest BCUT2D eigenvalue weighted by molar-refractivity contribution is 5.78. The highest BCUT2D eigenvalue weighted by Crippen LogP contribution is 2.24. The van der Waals surface area contributed by atoms with Gasteiger partial charge in [0.2, 0.25) is 5.91 Å². The van der Waals surface area contributed by atoms with Gasteiger partial charge in [-0.05, 0) is 31.4 Å². The number of carbonyl (C=O) groups excluding carboxylic acids is 1. The van der Waals surface area contributed by atoms with Crippen molar-refractivity contribution in [2.24, 2.45) is 0 Å². The first-order valence-electron chi connectivity index (χ1n) is 10.2. The molecule has 1 aliphatic heterocycles. The van der Waals surface area contributed by atoms with E-state index in [0.29, 0.717) is 6.54 Å². The standard InChI is InChI=1S/C21H34N4O/c1-23(19-8-3-2-4-9-19)13-7-12-22-21(26)18-24-14-16-25(17-15-24)20-10-5-6-11-20/h2-4,8-9,20H,5-7,10-18H2,1H3,(H,22,26). The molecule has 0 radical (unpaired) electrons. The summed E-state index contributed by atoms with van der Waals surface area (Å²) < 4.78 is 0. The van der Waals surface area contributed by atoms with Crippen molar-refractivity contribution in [2.45, 2.75) is 38.1 Å². The molecule has 1 N–H and O–H groups in total. The predicted molar refractivity (Wildman–Crippen MR) is 108 cm³/mol. The Labute approximate surface area is 158 Å². The van der Waals surface area contributed by atoms with Crippen LogP contribution in [-0.4, -0.2) is 74.6 Å². The smallest absolute Gasteiger partial charge is 0.234 e. The number of hydrogen-bond acceptors (Lipinski definition) is 4. The molecule has 0 atom stereocenters. The van der Waals surface area contributed by atoms with Crippen molar-refractivity contribution in [3.63, 3.8) is 0 Å². The highest BCUT2D eigenvalue weighted by Gasteiger charge is 2.26. The van der Waals surface area contributed by atoms with Gasteiger partial charge in [-0.2, -0.15) is 0 Å². The van der Waals surface area contributed by atoms with E-state index < -0.39 is 0 Å². The third-order valence-corrected chi connectivity index (χ3v) is 5.80. The molecular weight excluding hydrogens is 324 g/mol. The largest absolute Gasteiger partial charge is 0.375 e. The van der Waals surface area contributed by atoms with E-state index in [1.54, 1.807) is 0 Å². The summed E-state index contributed by atoms with van der Waals surface area (Å²) in [7, 11) is 2.10. The van der Waals surface area contributed by atoms with Gasteiger partial charge in [-0.1, -0.05) is 31.0 Å². The van der Waals surface area contributed by atoms with Crippen LogP contribution in [0.4, 0.5) is 5.69 Å². The van der Waals surface area contributed by atoms with Gasteiger partial charge >= 0.3 is 0 Å². The zero-order valence-electron chi connectivity index (χ0n) is 16.2. The number of para-hydroxylation sites is 1. The Balaban J connectivity index is 1.26. The number of hydrogen-bond donors (Lipinski definition) is 1. The van der Waals surface area contributed by atoms with Crippen molar-refractivity contribution in [2.75, 3.05) is 57.8 Å². The summed E-state index contributed by atoms with van der Waals surface area (Å²) in [5.41, 5.74) is 1.22. The van der Waals surface area contributed by atoms with E-state index in [1.807, 2.05) is 6.07 Å². The molecule has 1 saturated carbocycles. The van der Waals surface area contributed by atoms with Crippen molar-refractivity contribution < 1.29 is 4.79 Å². The van der Waals surface area contributed by atoms with E-state index in [-0.39, 0.29) is 5.91 Å². The Morgan fingerprint density at radius 2 is 1.81 bits per heavy atom. The number of benzene rings is 1. The van der Waals surface area contributed by atoms with E-state index in [1.165, 1.54) is 31.4 Å². The summed E-state index contributed by atoms with van der Waals surface area (Å²) in [6.07, 6.45) is 6.50. The van der Waals surface area contributed by atoms with Gasteiger partial charge in [0, 0.05) is 58.0 Å². The second-order valence-electron chi connectivity index (χ2n) is 7.71. The fourth-order valence-electron chi connectivity index (χ4n) is 4.17. The van der Waals surface area contributed by atoms with Crippen LogP contribution in [0.25, 0.3) is 0 Å². The molecule has 0 unspecified atom stereocenters. The summed E-state index contributed by atoms with van der Waals surface area (Å²) in [5, 5.41) is 3.08. The molecule has 26 heavy (non-hydrogen) atoms. The summed E-state index contributed by atoms with van der Waals surface area (Å²) in [4.78, 5) is 19.4. The molecule has 1 saturated heterocycles. The molecule has 0 bridgehead atoms. The van der Waals surface area contributed by atoms with Crippen molar-refractivity contribution in [1.29, 1.82) is 0 Å². The number of nitrogens with one attached hydrogen (secondary N) is 1. The minimum absolute atomic E-state index is 0.168. The van der Waals surface area contributed by atoms with Gasteiger partial charge in [-0.3, -0.25) is 14.6 Å². The van der Waals surface area contributed by atoms with Gasteiger partial charge in [0.1, 0.15) is 0 Å². The SMILES string of the molecule is CN(CCCNC(=O)CN1CCN(C2CCCC2)CC1)c1ccccc1. The number of rotatable bonds is 8. The van der Waals surface area contributed by atoms with Crippen molar-refractivity contribution in [3.8, 4) is 0 Å². The monoisotopic (exact) mass is 358 g/mol. The van der Waals surface area contributed by atoms with Crippen LogP contribution in [0.1, 0.15) is 32.1 Å². The van der Waals surface area contributed by atoms with E-state index >= 15 is 0 Å². The molecule has 1 aromatic carbocycles. The van der Waals surface area contributed by atoms with Crippen LogP contribution in [0.3, 0.4) is 0 Å². The number of carbonyl (C=O) groups is 1. The predicted octanol–water partition coefficient (Wildman–Crippen LogP) is 2.19. The van der Waals surface area contributed by atoms with Gasteiger partial charge in [0.05, 0.1) is 6.54 Å². The van der Waals surface area contributed by atoms with Crippen molar-refractivity contribution in [3.05, 3.63) is 30.3 Å². The zero-order chi connectivity index (χ0) is 18.2. The Morgan fingerprint density at radius 3 is 2.50 bits per heavy atom. The Morgan fingerprint density at radius 1 is 1.12 bits per heavy atom. The second-order valence-corrected chi connectivity index (χ2v) is 7.71. The fourth-order valence-corrected chi connectivity index (χ4v) is 4.17. The molecule has 1 aliphatic carbocycles. The normalized spacial score (nSPS) is 19.6. The van der Waals surface area contributed by atoms with E-state index in [4.69, 9.17) is 0 Å². The van der Waals surface area contributed by atoms with Crippen LogP contribution in [-0.2, 0) is 4.79 Å². The third kappa shape index (κ3) is 5.71. The Kier molecular flexibility index (Phi) is 7.32. The molecule has 0 aromatic heterocycles. The highest BCUT2D eigenvalue weighted by atomic mass is 16.2. The maximum absolute atomic E-state index is 12.2. The molecule has 0 spiro atoms. The summed E-state index contributed by atoms with van der Waals surface area (Å²) >= 11 is 0. The third-order valence-electron chi connectivity index (χ3n) is 5.80. The first-order valence-corrected chi connectivity index (χ1v) is 10.2. The van der Waals surface area contributed by atoms with E-state index in [9.17, 15) is 4.79 Å². The van der Waals surface area contributed by atoms with Gasteiger partial charge in [0.15, 0.2) is 0 Å². The zero-order valence-corrected chi connectivity index (χ0v) is 16.2. The fraction of sp³-hybridized carbons (Fsp3) is 0.667. The molecule has 1 amide bonds. The molecule has 2 fully saturated rings. The molecular formula is C21H34N4O. The molecule has 5 nitrogen and oxygen atoms in total. The first kappa shape index (κ1) is 19.2. The van der Waals surface area contributed by atoms with Gasteiger partial charge in [0.25, 0.3) is 0 Å². The molecule has 3 rings (SSSR count). The minimum atomic E-state index is 0.168. The lowest BCUT2D eigenvalue weighted by molar-refractivity contribution is -0.122. The minimum Gasteiger partial charge on any atom is -0.375 e. The molecule has 144 valence electrons. The average Bonchev–Trinajstić information content (AvgIpc) is 3.21. The van der Waals surface area contributed by atoms with Crippen LogP contribution in [0.5, 0.6) is 0 Å².